The van der Waals surface area contributed by atoms with Crippen LogP contribution in [0.2, 0.25) is 0 Å². The van der Waals surface area contributed by atoms with E-state index in [1.807, 2.05) is 18.2 Å². The first-order chi connectivity index (χ1) is 11.8. The van der Waals surface area contributed by atoms with Gasteiger partial charge in [-0.15, -0.1) is 11.8 Å². The van der Waals surface area contributed by atoms with Crippen LogP contribution in [0.15, 0.2) is 41.3 Å². The van der Waals surface area contributed by atoms with Crippen molar-refractivity contribution in [3.8, 4) is 11.5 Å². The minimum Gasteiger partial charge on any atom is -0.454 e. The van der Waals surface area contributed by atoms with Crippen LogP contribution in [0.4, 0.5) is 0 Å². The van der Waals surface area contributed by atoms with Crippen molar-refractivity contribution in [1.82, 2.24) is 5.32 Å². The maximum absolute atomic E-state index is 12.1. The van der Waals surface area contributed by atoms with Crippen molar-refractivity contribution in [1.29, 1.82) is 0 Å². The number of carbonyl (C=O) groups excluding carboxylic acids is 1. The number of benzene rings is 2. The number of ether oxygens (including phenoxy) is 2. The molecule has 5 heteroatoms. The van der Waals surface area contributed by atoms with E-state index in [1.165, 1.54) is 35.3 Å². The molecule has 0 spiro atoms. The number of rotatable bonds is 5. The summed E-state index contributed by atoms with van der Waals surface area (Å²) in [4.78, 5) is 13.2. The zero-order valence-corrected chi connectivity index (χ0v) is 14.2. The molecule has 1 aliphatic carbocycles. The Morgan fingerprint density at radius 3 is 2.88 bits per heavy atom. The molecule has 124 valence electrons. The quantitative estimate of drug-likeness (QED) is 0.848. The molecule has 2 aromatic carbocycles. The van der Waals surface area contributed by atoms with E-state index in [0.717, 1.165) is 17.1 Å². The molecule has 2 aliphatic rings. The van der Waals surface area contributed by atoms with Crippen molar-refractivity contribution < 1.29 is 14.3 Å². The lowest BCUT2D eigenvalue weighted by molar-refractivity contribution is -0.118. The van der Waals surface area contributed by atoms with Crippen LogP contribution in [0.1, 0.15) is 23.1 Å². The van der Waals surface area contributed by atoms with Crippen molar-refractivity contribution in [3.05, 3.63) is 53.1 Å². The molecule has 24 heavy (non-hydrogen) atoms. The number of aryl methyl sites for hydroxylation is 2. The molecule has 4 nitrogen and oxygen atoms in total. The first kappa shape index (κ1) is 15.4. The van der Waals surface area contributed by atoms with E-state index in [0.29, 0.717) is 12.3 Å². The van der Waals surface area contributed by atoms with Crippen LogP contribution in [-0.4, -0.2) is 18.5 Å². The fourth-order valence-electron chi connectivity index (χ4n) is 3.09. The lowest BCUT2D eigenvalue weighted by Crippen LogP contribution is -2.24. The maximum atomic E-state index is 12.1. The predicted octanol–water partition coefficient (Wildman–Crippen LogP) is 3.31. The Labute approximate surface area is 145 Å². The van der Waals surface area contributed by atoms with Gasteiger partial charge in [-0.25, -0.2) is 0 Å². The Balaban J connectivity index is 1.28. The van der Waals surface area contributed by atoms with Gasteiger partial charge in [0.05, 0.1) is 5.75 Å². The number of thioether (sulfide) groups is 1. The number of nitrogens with one attached hydrogen (secondary N) is 1. The smallest absolute Gasteiger partial charge is 0.231 e. The summed E-state index contributed by atoms with van der Waals surface area (Å²) in [5.41, 5.74) is 3.92. The number of hydrogen-bond acceptors (Lipinski definition) is 4. The van der Waals surface area contributed by atoms with Crippen LogP contribution in [0.3, 0.4) is 0 Å². The highest BCUT2D eigenvalue weighted by Crippen LogP contribution is 2.32. The average Bonchev–Trinajstić information content (AvgIpc) is 3.25. The molecular formula is C19H19NO3S. The zero-order chi connectivity index (χ0) is 16.4. The molecule has 0 aromatic heterocycles. The molecule has 4 rings (SSSR count). The summed E-state index contributed by atoms with van der Waals surface area (Å²) in [7, 11) is 0. The van der Waals surface area contributed by atoms with E-state index in [-0.39, 0.29) is 12.7 Å². The van der Waals surface area contributed by atoms with Gasteiger partial charge in [0.1, 0.15) is 0 Å². The second-order valence-electron chi connectivity index (χ2n) is 6.04. The maximum Gasteiger partial charge on any atom is 0.231 e. The van der Waals surface area contributed by atoms with Gasteiger partial charge in [-0.1, -0.05) is 12.1 Å². The van der Waals surface area contributed by atoms with E-state index in [2.05, 4.69) is 23.5 Å². The minimum atomic E-state index is 0.0400. The molecule has 1 heterocycles. The van der Waals surface area contributed by atoms with Gasteiger partial charge in [-0.2, -0.15) is 0 Å². The van der Waals surface area contributed by atoms with Crippen molar-refractivity contribution in [2.24, 2.45) is 0 Å². The van der Waals surface area contributed by atoms with Crippen LogP contribution in [-0.2, 0) is 24.2 Å². The van der Waals surface area contributed by atoms with Crippen LogP contribution in [0.5, 0.6) is 11.5 Å². The molecule has 1 aliphatic heterocycles. The standard InChI is InChI=1S/C19H19NO3S/c21-19(11-24-16-6-5-14-2-1-3-15(14)9-16)20-10-13-4-7-17-18(8-13)23-12-22-17/h4-9H,1-3,10-12H2,(H,20,21). The van der Waals surface area contributed by atoms with E-state index in [9.17, 15) is 4.79 Å². The molecule has 1 amide bonds. The summed E-state index contributed by atoms with van der Waals surface area (Å²) in [5, 5.41) is 2.96. The third kappa shape index (κ3) is 3.36. The van der Waals surface area contributed by atoms with Crippen LogP contribution < -0.4 is 14.8 Å². The summed E-state index contributed by atoms with van der Waals surface area (Å²) in [6, 6.07) is 12.3. The van der Waals surface area contributed by atoms with E-state index in [4.69, 9.17) is 9.47 Å². The third-order valence-electron chi connectivity index (χ3n) is 4.37. The first-order valence-corrected chi connectivity index (χ1v) is 9.16. The van der Waals surface area contributed by atoms with Crippen LogP contribution >= 0.6 is 11.8 Å². The first-order valence-electron chi connectivity index (χ1n) is 8.18. The summed E-state index contributed by atoms with van der Waals surface area (Å²) in [6.07, 6.45) is 3.61. The highest BCUT2D eigenvalue weighted by Gasteiger charge is 2.14. The Hall–Kier alpha value is -2.14. The van der Waals surface area contributed by atoms with Crippen LogP contribution in [0, 0.1) is 0 Å². The number of fused-ring (bicyclic) bond motifs is 2. The summed E-state index contributed by atoms with van der Waals surface area (Å²) >= 11 is 1.59. The van der Waals surface area contributed by atoms with E-state index < -0.39 is 0 Å². The highest BCUT2D eigenvalue weighted by molar-refractivity contribution is 8.00. The third-order valence-corrected chi connectivity index (χ3v) is 5.36. The second kappa shape index (κ2) is 6.77. The number of hydrogen-bond donors (Lipinski definition) is 1. The van der Waals surface area contributed by atoms with Gasteiger partial charge in [-0.3, -0.25) is 4.79 Å². The molecule has 0 saturated heterocycles. The Kier molecular flexibility index (Phi) is 4.34. The summed E-state index contributed by atoms with van der Waals surface area (Å²) in [5.74, 6) is 1.98. The molecule has 0 saturated carbocycles. The van der Waals surface area contributed by atoms with Gasteiger partial charge in [0.2, 0.25) is 12.7 Å². The monoisotopic (exact) mass is 341 g/mol. The van der Waals surface area contributed by atoms with Gasteiger partial charge in [0, 0.05) is 11.4 Å². The van der Waals surface area contributed by atoms with Crippen molar-refractivity contribution in [2.75, 3.05) is 12.5 Å². The Morgan fingerprint density at radius 2 is 1.92 bits per heavy atom. The molecule has 0 fully saturated rings. The normalized spacial score (nSPS) is 14.5. The molecule has 1 N–H and O–H groups in total. The van der Waals surface area contributed by atoms with Gasteiger partial charge >= 0.3 is 0 Å². The molecule has 0 atom stereocenters. The molecule has 0 bridgehead atoms. The average molecular weight is 341 g/mol. The van der Waals surface area contributed by atoms with Crippen molar-refractivity contribution in [2.45, 2.75) is 30.7 Å². The number of amides is 1. The molecule has 0 radical (unpaired) electrons. The van der Waals surface area contributed by atoms with Gasteiger partial charge in [0.25, 0.3) is 0 Å². The zero-order valence-electron chi connectivity index (χ0n) is 13.3. The summed E-state index contributed by atoms with van der Waals surface area (Å²) < 4.78 is 10.6. The largest absolute Gasteiger partial charge is 0.454 e. The van der Waals surface area contributed by atoms with E-state index in [1.54, 1.807) is 11.8 Å². The Morgan fingerprint density at radius 1 is 1.04 bits per heavy atom. The lowest BCUT2D eigenvalue weighted by Gasteiger charge is -2.07. The fraction of sp³-hybridized carbons (Fsp3) is 0.316. The van der Waals surface area contributed by atoms with Crippen molar-refractivity contribution in [3.63, 3.8) is 0 Å². The Bertz CT molecular complexity index is 712. The minimum absolute atomic E-state index is 0.0400. The molecular weight excluding hydrogens is 322 g/mol. The van der Waals surface area contributed by atoms with Crippen LogP contribution in [0.25, 0.3) is 0 Å². The summed E-state index contributed by atoms with van der Waals surface area (Å²) in [6.45, 7) is 0.767. The highest BCUT2D eigenvalue weighted by atomic mass is 32.2. The lowest BCUT2D eigenvalue weighted by atomic mass is 10.1. The SMILES string of the molecule is O=C(CSc1ccc2c(c1)CCC2)NCc1ccc2c(c1)OCO2. The van der Waals surface area contributed by atoms with Crippen molar-refractivity contribution >= 4 is 17.7 Å². The van der Waals surface area contributed by atoms with E-state index >= 15 is 0 Å². The number of carbonyl (C=O) groups is 1. The fourth-order valence-corrected chi connectivity index (χ4v) is 3.88. The topological polar surface area (TPSA) is 47.6 Å². The second-order valence-corrected chi connectivity index (χ2v) is 7.09. The predicted molar refractivity (Wildman–Crippen MR) is 93.6 cm³/mol. The van der Waals surface area contributed by atoms with Gasteiger partial charge in [-0.05, 0) is 60.2 Å². The van der Waals surface area contributed by atoms with Gasteiger partial charge < -0.3 is 14.8 Å². The molecule has 2 aromatic rings. The molecule has 0 unspecified atom stereocenters. The van der Waals surface area contributed by atoms with Gasteiger partial charge in [0.15, 0.2) is 11.5 Å².